The summed E-state index contributed by atoms with van der Waals surface area (Å²) in [6, 6.07) is 3.54. The number of hydrogen-bond donors (Lipinski definition) is 1. The number of esters is 1. The van der Waals surface area contributed by atoms with E-state index in [9.17, 15) is 19.2 Å². The molecule has 166 valence electrons. The summed E-state index contributed by atoms with van der Waals surface area (Å²) in [5.41, 5.74) is 0.334. The summed E-state index contributed by atoms with van der Waals surface area (Å²) in [5.74, 6) is -2.39. The van der Waals surface area contributed by atoms with Gasteiger partial charge in [-0.2, -0.15) is 0 Å². The van der Waals surface area contributed by atoms with Crippen LogP contribution in [0.15, 0.2) is 18.2 Å². The fraction of sp³-hybridized carbons (Fsp3) is 0.545. The number of benzene rings is 1. The van der Waals surface area contributed by atoms with E-state index in [1.165, 1.54) is 12.1 Å². The van der Waals surface area contributed by atoms with Crippen LogP contribution in [0.25, 0.3) is 0 Å². The SMILES string of the molecule is CC(C)[C@H](C(=O)OCC(=O)Nc1ccc(Cl)cc1Cl)N1C(=O)[C@@H]2[C@H]3CC[C@@H](C3)[C@@H]2C1=O. The van der Waals surface area contributed by atoms with Crippen LogP contribution in [0, 0.1) is 29.6 Å². The smallest absolute Gasteiger partial charge is 0.330 e. The standard InChI is InChI=1S/C22H24Cl2N2O5/c1-10(2)19(26-20(28)17-11-3-4-12(7-11)18(17)21(26)29)22(30)31-9-16(27)25-15-6-5-13(23)8-14(15)24/h5-6,8,10-12,17-19H,3-4,7,9H2,1-2H3,(H,25,27)/t11-,12-,17-,18+,19+/m0/s1. The number of ether oxygens (including phenoxy) is 1. The van der Waals surface area contributed by atoms with E-state index in [0.29, 0.717) is 10.7 Å². The Morgan fingerprint density at radius 1 is 1.13 bits per heavy atom. The van der Waals surface area contributed by atoms with Gasteiger partial charge < -0.3 is 10.1 Å². The molecule has 1 N–H and O–H groups in total. The van der Waals surface area contributed by atoms with Crippen LogP contribution in [0.4, 0.5) is 5.69 Å². The molecule has 7 nitrogen and oxygen atoms in total. The highest BCUT2D eigenvalue weighted by molar-refractivity contribution is 6.36. The van der Waals surface area contributed by atoms with E-state index in [1.807, 2.05) is 0 Å². The third kappa shape index (κ3) is 3.94. The molecule has 1 heterocycles. The molecule has 1 saturated heterocycles. The topological polar surface area (TPSA) is 92.8 Å². The van der Waals surface area contributed by atoms with Gasteiger partial charge in [0.25, 0.3) is 5.91 Å². The van der Waals surface area contributed by atoms with Crippen molar-refractivity contribution < 1.29 is 23.9 Å². The second-order valence-electron chi connectivity index (χ2n) is 8.90. The molecule has 1 aromatic carbocycles. The molecule has 5 atom stereocenters. The van der Waals surface area contributed by atoms with E-state index >= 15 is 0 Å². The number of amides is 3. The predicted octanol–water partition coefficient (Wildman–Crippen LogP) is 3.53. The average Bonchev–Trinajstić information content (AvgIpc) is 3.38. The minimum atomic E-state index is -1.04. The molecule has 31 heavy (non-hydrogen) atoms. The molecule has 3 amide bonds. The van der Waals surface area contributed by atoms with Crippen LogP contribution in [0.3, 0.4) is 0 Å². The quantitative estimate of drug-likeness (QED) is 0.511. The number of rotatable bonds is 6. The number of carbonyl (C=O) groups is 4. The van der Waals surface area contributed by atoms with Crippen LogP contribution in [0.2, 0.25) is 10.0 Å². The van der Waals surface area contributed by atoms with Crippen molar-refractivity contribution >= 4 is 52.6 Å². The van der Waals surface area contributed by atoms with Gasteiger partial charge in [-0.3, -0.25) is 19.3 Å². The number of likely N-dealkylation sites (tertiary alicyclic amines) is 1. The third-order valence-corrected chi connectivity index (χ3v) is 7.21. The zero-order valence-corrected chi connectivity index (χ0v) is 18.8. The van der Waals surface area contributed by atoms with Crippen molar-refractivity contribution in [3.8, 4) is 0 Å². The van der Waals surface area contributed by atoms with Crippen molar-refractivity contribution in [1.82, 2.24) is 4.90 Å². The summed E-state index contributed by atoms with van der Waals surface area (Å²) in [6.07, 6.45) is 2.84. The fourth-order valence-electron chi connectivity index (χ4n) is 5.38. The van der Waals surface area contributed by atoms with Crippen LogP contribution >= 0.6 is 23.2 Å². The van der Waals surface area contributed by atoms with E-state index in [2.05, 4.69) is 5.32 Å². The lowest BCUT2D eigenvalue weighted by Crippen LogP contribution is -2.50. The molecule has 0 radical (unpaired) electrons. The summed E-state index contributed by atoms with van der Waals surface area (Å²) >= 11 is 11.9. The molecule has 4 rings (SSSR count). The molecule has 9 heteroatoms. The van der Waals surface area contributed by atoms with E-state index in [4.69, 9.17) is 27.9 Å². The van der Waals surface area contributed by atoms with E-state index < -0.39 is 24.5 Å². The van der Waals surface area contributed by atoms with Crippen molar-refractivity contribution in [2.24, 2.45) is 29.6 Å². The Bertz CT molecular complexity index is 922. The number of nitrogens with zero attached hydrogens (tertiary/aromatic N) is 1. The number of fused-ring (bicyclic) bond motifs is 5. The summed E-state index contributed by atoms with van der Waals surface area (Å²) in [4.78, 5) is 52.3. The minimum Gasteiger partial charge on any atom is -0.454 e. The number of nitrogens with one attached hydrogen (secondary N) is 1. The maximum atomic E-state index is 13.1. The Morgan fingerprint density at radius 3 is 2.29 bits per heavy atom. The second kappa shape index (κ2) is 8.43. The molecule has 2 bridgehead atoms. The molecule has 3 aliphatic rings. The van der Waals surface area contributed by atoms with E-state index in [1.54, 1.807) is 19.9 Å². The van der Waals surface area contributed by atoms with Gasteiger partial charge in [0.2, 0.25) is 11.8 Å². The lowest BCUT2D eigenvalue weighted by Gasteiger charge is -2.28. The highest BCUT2D eigenvalue weighted by Crippen LogP contribution is 2.56. The molecule has 1 aromatic rings. The Hall–Kier alpha value is -2.12. The summed E-state index contributed by atoms with van der Waals surface area (Å²) in [5, 5.41) is 3.22. The molecule has 3 fully saturated rings. The van der Waals surface area contributed by atoms with Gasteiger partial charge in [-0.05, 0) is 55.2 Å². The lowest BCUT2D eigenvalue weighted by molar-refractivity contribution is -0.162. The van der Waals surface area contributed by atoms with Gasteiger partial charge in [0.05, 0.1) is 22.5 Å². The monoisotopic (exact) mass is 466 g/mol. The van der Waals surface area contributed by atoms with Crippen LogP contribution in [0.5, 0.6) is 0 Å². The normalized spacial score (nSPS) is 27.6. The Balaban J connectivity index is 1.42. The summed E-state index contributed by atoms with van der Waals surface area (Å²) < 4.78 is 5.20. The van der Waals surface area contributed by atoms with Crippen molar-refractivity contribution in [1.29, 1.82) is 0 Å². The summed E-state index contributed by atoms with van der Waals surface area (Å²) in [7, 11) is 0. The minimum absolute atomic E-state index is 0.232. The Kier molecular flexibility index (Phi) is 6.01. The van der Waals surface area contributed by atoms with Crippen LogP contribution < -0.4 is 5.32 Å². The summed E-state index contributed by atoms with van der Waals surface area (Å²) in [6.45, 7) is 2.95. The maximum Gasteiger partial charge on any atom is 0.330 e. The van der Waals surface area contributed by atoms with E-state index in [0.717, 1.165) is 24.2 Å². The highest BCUT2D eigenvalue weighted by atomic mass is 35.5. The van der Waals surface area contributed by atoms with Gasteiger partial charge >= 0.3 is 5.97 Å². The molecular weight excluding hydrogens is 443 g/mol. The number of imide groups is 1. The lowest BCUT2D eigenvalue weighted by atomic mass is 9.81. The first-order valence-electron chi connectivity index (χ1n) is 10.5. The molecule has 0 aromatic heterocycles. The number of halogens is 2. The van der Waals surface area contributed by atoms with Crippen LogP contribution in [-0.4, -0.2) is 41.2 Å². The molecular formula is C22H24Cl2N2O5. The highest BCUT2D eigenvalue weighted by Gasteiger charge is 2.62. The number of anilines is 1. The predicted molar refractivity (Wildman–Crippen MR) is 114 cm³/mol. The zero-order chi connectivity index (χ0) is 22.4. The van der Waals surface area contributed by atoms with Crippen molar-refractivity contribution in [3.63, 3.8) is 0 Å². The maximum absolute atomic E-state index is 13.1. The van der Waals surface area contributed by atoms with Crippen molar-refractivity contribution in [2.45, 2.75) is 39.2 Å². The van der Waals surface area contributed by atoms with Gasteiger partial charge in [0.15, 0.2) is 6.61 Å². The largest absolute Gasteiger partial charge is 0.454 e. The van der Waals surface area contributed by atoms with Gasteiger partial charge in [0.1, 0.15) is 6.04 Å². The van der Waals surface area contributed by atoms with Crippen molar-refractivity contribution in [3.05, 3.63) is 28.2 Å². The number of hydrogen-bond acceptors (Lipinski definition) is 5. The second-order valence-corrected chi connectivity index (χ2v) is 9.74. The third-order valence-electron chi connectivity index (χ3n) is 6.66. The first-order chi connectivity index (χ1) is 14.7. The van der Waals surface area contributed by atoms with Crippen molar-refractivity contribution in [2.75, 3.05) is 11.9 Å². The van der Waals surface area contributed by atoms with Gasteiger partial charge in [-0.15, -0.1) is 0 Å². The van der Waals surface area contributed by atoms with Gasteiger partial charge in [0, 0.05) is 5.02 Å². The molecule has 2 aliphatic carbocycles. The van der Waals surface area contributed by atoms with E-state index in [-0.39, 0.29) is 46.4 Å². The Morgan fingerprint density at radius 2 is 1.74 bits per heavy atom. The Labute approximate surface area is 190 Å². The first kappa shape index (κ1) is 22.1. The fourth-order valence-corrected chi connectivity index (χ4v) is 5.84. The van der Waals surface area contributed by atoms with Crippen LogP contribution in [0.1, 0.15) is 33.1 Å². The van der Waals surface area contributed by atoms with Gasteiger partial charge in [-0.1, -0.05) is 37.0 Å². The molecule has 1 aliphatic heterocycles. The average molecular weight is 467 g/mol. The molecule has 0 spiro atoms. The number of carbonyl (C=O) groups excluding carboxylic acids is 4. The first-order valence-corrected chi connectivity index (χ1v) is 11.2. The zero-order valence-electron chi connectivity index (χ0n) is 17.3. The molecule has 0 unspecified atom stereocenters. The van der Waals surface area contributed by atoms with Crippen LogP contribution in [-0.2, 0) is 23.9 Å². The molecule has 2 saturated carbocycles. The van der Waals surface area contributed by atoms with Gasteiger partial charge in [-0.25, -0.2) is 4.79 Å².